The summed E-state index contributed by atoms with van der Waals surface area (Å²) in [6.45, 7) is 4.27. The molecule has 1 unspecified atom stereocenters. The van der Waals surface area contributed by atoms with Crippen molar-refractivity contribution >= 4 is 11.9 Å². The molecule has 0 bridgehead atoms. The molecule has 0 spiro atoms. The zero-order valence-corrected chi connectivity index (χ0v) is 15.2. The molecule has 1 atom stereocenters. The lowest BCUT2D eigenvalue weighted by atomic mass is 10.1. The number of ether oxygens (including phenoxy) is 2. The summed E-state index contributed by atoms with van der Waals surface area (Å²) in [5.41, 5.74) is 2.29. The van der Waals surface area contributed by atoms with E-state index < -0.39 is 12.1 Å². The van der Waals surface area contributed by atoms with Crippen LogP contribution in [0.1, 0.15) is 24.5 Å². The van der Waals surface area contributed by atoms with Crippen LogP contribution in [0.2, 0.25) is 0 Å². The predicted octanol–water partition coefficient (Wildman–Crippen LogP) is 3.05. The Hall–Kier alpha value is -2.82. The van der Waals surface area contributed by atoms with Gasteiger partial charge in [0.25, 0.3) is 5.91 Å². The first kappa shape index (κ1) is 19.5. The minimum Gasteiger partial charge on any atom is -0.493 e. The van der Waals surface area contributed by atoms with Crippen LogP contribution in [-0.2, 0) is 20.7 Å². The van der Waals surface area contributed by atoms with Crippen molar-refractivity contribution in [3.05, 3.63) is 65.7 Å². The second-order valence-corrected chi connectivity index (χ2v) is 6.07. The molecule has 1 amide bonds. The van der Waals surface area contributed by atoms with E-state index in [1.54, 1.807) is 6.92 Å². The Morgan fingerprint density at radius 1 is 1.04 bits per heavy atom. The van der Waals surface area contributed by atoms with Crippen LogP contribution >= 0.6 is 0 Å². The van der Waals surface area contributed by atoms with Crippen LogP contribution in [0.25, 0.3) is 0 Å². The molecule has 0 saturated heterocycles. The van der Waals surface area contributed by atoms with Gasteiger partial charge in [0.2, 0.25) is 0 Å². The van der Waals surface area contributed by atoms with E-state index in [1.165, 1.54) is 0 Å². The molecule has 2 rings (SSSR count). The molecule has 1 N–H and O–H groups in total. The molecule has 0 radical (unpaired) electrons. The fourth-order valence-electron chi connectivity index (χ4n) is 2.31. The Kier molecular flexibility index (Phi) is 7.68. The number of esters is 1. The quantitative estimate of drug-likeness (QED) is 0.702. The van der Waals surface area contributed by atoms with E-state index in [2.05, 4.69) is 5.32 Å². The van der Waals surface area contributed by atoms with Gasteiger partial charge >= 0.3 is 5.97 Å². The highest BCUT2D eigenvalue weighted by atomic mass is 16.5. The maximum Gasteiger partial charge on any atom is 0.310 e. The fraction of sp³-hybridized carbons (Fsp3) is 0.333. The topological polar surface area (TPSA) is 64.6 Å². The van der Waals surface area contributed by atoms with Crippen LogP contribution in [0.3, 0.4) is 0 Å². The van der Waals surface area contributed by atoms with Crippen molar-refractivity contribution in [1.29, 1.82) is 0 Å². The SMILES string of the molecule is Cc1ccc(OCCC(=O)OC(C)C(=O)NCCc2ccccc2)cc1. The maximum atomic E-state index is 12.0. The van der Waals surface area contributed by atoms with Crippen LogP contribution in [-0.4, -0.2) is 31.1 Å². The van der Waals surface area contributed by atoms with Crippen molar-refractivity contribution in [2.45, 2.75) is 32.8 Å². The van der Waals surface area contributed by atoms with Crippen molar-refractivity contribution < 1.29 is 19.1 Å². The maximum absolute atomic E-state index is 12.0. The predicted molar refractivity (Wildman–Crippen MR) is 100 cm³/mol. The van der Waals surface area contributed by atoms with Gasteiger partial charge in [-0.3, -0.25) is 9.59 Å². The average molecular weight is 355 g/mol. The number of amides is 1. The molecule has 26 heavy (non-hydrogen) atoms. The number of carbonyl (C=O) groups excluding carboxylic acids is 2. The van der Waals surface area contributed by atoms with Crippen molar-refractivity contribution in [3.8, 4) is 5.75 Å². The molecule has 0 saturated carbocycles. The van der Waals surface area contributed by atoms with Crippen molar-refractivity contribution in [3.63, 3.8) is 0 Å². The zero-order chi connectivity index (χ0) is 18.8. The number of aryl methyl sites for hydroxylation is 1. The van der Waals surface area contributed by atoms with Gasteiger partial charge in [0.15, 0.2) is 6.10 Å². The van der Waals surface area contributed by atoms with E-state index in [0.717, 1.165) is 17.5 Å². The number of nitrogens with one attached hydrogen (secondary N) is 1. The number of rotatable bonds is 9. The molecule has 5 heteroatoms. The third-order valence-electron chi connectivity index (χ3n) is 3.83. The standard InChI is InChI=1S/C21H25NO4/c1-16-8-10-19(11-9-16)25-15-13-20(23)26-17(2)21(24)22-14-12-18-6-4-3-5-7-18/h3-11,17H,12-15H2,1-2H3,(H,22,24). The number of benzene rings is 2. The third-order valence-corrected chi connectivity index (χ3v) is 3.83. The summed E-state index contributed by atoms with van der Waals surface area (Å²) in [5.74, 6) is -0.0494. The third kappa shape index (κ3) is 6.97. The van der Waals surface area contributed by atoms with Gasteiger partial charge in [-0.25, -0.2) is 0 Å². The second kappa shape index (κ2) is 10.2. The van der Waals surface area contributed by atoms with E-state index in [-0.39, 0.29) is 18.9 Å². The zero-order valence-electron chi connectivity index (χ0n) is 15.2. The lowest BCUT2D eigenvalue weighted by molar-refractivity contribution is -0.155. The summed E-state index contributed by atoms with van der Waals surface area (Å²) in [7, 11) is 0. The van der Waals surface area contributed by atoms with E-state index in [0.29, 0.717) is 12.3 Å². The normalized spacial score (nSPS) is 11.5. The molecule has 138 valence electrons. The van der Waals surface area contributed by atoms with Crippen molar-refractivity contribution in [2.75, 3.05) is 13.2 Å². The van der Waals surface area contributed by atoms with Crippen LogP contribution in [0, 0.1) is 6.92 Å². The second-order valence-electron chi connectivity index (χ2n) is 6.07. The molecule has 5 nitrogen and oxygen atoms in total. The van der Waals surface area contributed by atoms with Crippen molar-refractivity contribution in [1.82, 2.24) is 5.32 Å². The minimum atomic E-state index is -0.822. The number of hydrogen-bond acceptors (Lipinski definition) is 4. The van der Waals surface area contributed by atoms with Crippen LogP contribution in [0.15, 0.2) is 54.6 Å². The van der Waals surface area contributed by atoms with Crippen molar-refractivity contribution in [2.24, 2.45) is 0 Å². The molecular formula is C21H25NO4. The smallest absolute Gasteiger partial charge is 0.310 e. The number of carbonyl (C=O) groups is 2. The van der Waals surface area contributed by atoms with E-state index in [9.17, 15) is 9.59 Å². The molecule has 0 aliphatic rings. The highest BCUT2D eigenvalue weighted by Crippen LogP contribution is 2.11. The van der Waals surface area contributed by atoms with Gasteiger partial charge in [0.1, 0.15) is 5.75 Å². The first-order chi connectivity index (χ1) is 12.5. The van der Waals surface area contributed by atoms with Gasteiger partial charge in [-0.05, 0) is 38.0 Å². The minimum absolute atomic E-state index is 0.0928. The Bertz CT molecular complexity index is 698. The molecule has 0 aliphatic heterocycles. The average Bonchev–Trinajstić information content (AvgIpc) is 2.64. The molecule has 0 aromatic heterocycles. The first-order valence-electron chi connectivity index (χ1n) is 8.75. The van der Waals surface area contributed by atoms with E-state index >= 15 is 0 Å². The summed E-state index contributed by atoms with van der Waals surface area (Å²) in [5, 5.41) is 2.78. The Morgan fingerprint density at radius 2 is 1.73 bits per heavy atom. The van der Waals surface area contributed by atoms with Crippen LogP contribution < -0.4 is 10.1 Å². The van der Waals surface area contributed by atoms with Gasteiger partial charge in [-0.2, -0.15) is 0 Å². The van der Waals surface area contributed by atoms with Gasteiger partial charge in [-0.1, -0.05) is 48.0 Å². The summed E-state index contributed by atoms with van der Waals surface area (Å²) >= 11 is 0. The largest absolute Gasteiger partial charge is 0.493 e. The highest BCUT2D eigenvalue weighted by molar-refractivity contribution is 5.83. The Morgan fingerprint density at radius 3 is 2.42 bits per heavy atom. The summed E-state index contributed by atoms with van der Waals surface area (Å²) in [4.78, 5) is 23.8. The lowest BCUT2D eigenvalue weighted by Gasteiger charge is -2.14. The lowest BCUT2D eigenvalue weighted by Crippen LogP contribution is -2.37. The van der Waals surface area contributed by atoms with Gasteiger partial charge in [0.05, 0.1) is 13.0 Å². The molecule has 2 aromatic rings. The van der Waals surface area contributed by atoms with E-state index in [1.807, 2.05) is 61.5 Å². The van der Waals surface area contributed by atoms with Crippen LogP contribution in [0.4, 0.5) is 0 Å². The van der Waals surface area contributed by atoms with Gasteiger partial charge in [0, 0.05) is 6.54 Å². The fourth-order valence-corrected chi connectivity index (χ4v) is 2.31. The number of hydrogen-bond donors (Lipinski definition) is 1. The highest BCUT2D eigenvalue weighted by Gasteiger charge is 2.17. The summed E-state index contributed by atoms with van der Waals surface area (Å²) in [6, 6.07) is 17.5. The summed E-state index contributed by atoms with van der Waals surface area (Å²) < 4.78 is 10.6. The molecular weight excluding hydrogens is 330 g/mol. The summed E-state index contributed by atoms with van der Waals surface area (Å²) in [6.07, 6.45) is 0.00491. The Balaban J connectivity index is 1.62. The van der Waals surface area contributed by atoms with Gasteiger partial charge in [-0.15, -0.1) is 0 Å². The molecule has 0 aliphatic carbocycles. The molecule has 0 fully saturated rings. The molecule has 0 heterocycles. The first-order valence-corrected chi connectivity index (χ1v) is 8.75. The van der Waals surface area contributed by atoms with Crippen LogP contribution in [0.5, 0.6) is 5.75 Å². The monoisotopic (exact) mass is 355 g/mol. The van der Waals surface area contributed by atoms with Gasteiger partial charge < -0.3 is 14.8 Å². The molecule has 2 aromatic carbocycles. The van der Waals surface area contributed by atoms with E-state index in [4.69, 9.17) is 9.47 Å². The Labute approximate surface area is 154 Å².